The Bertz CT molecular complexity index is 1130. The molecule has 1 atom stereocenters. The number of hydrogen-bond donors (Lipinski definition) is 2. The third-order valence-corrected chi connectivity index (χ3v) is 5.29. The zero-order valence-corrected chi connectivity index (χ0v) is 18.2. The van der Waals surface area contributed by atoms with Crippen molar-refractivity contribution < 1.29 is 19.1 Å². The minimum Gasteiger partial charge on any atom is -0.494 e. The van der Waals surface area contributed by atoms with Crippen LogP contribution in [-0.4, -0.2) is 35.9 Å². The standard InChI is InChI=1S/C25H24N4O4/c1-2-33-22-11-9-21(10-12-22)29-16-18(14-23(29)30)25(32)27-19-7-5-17(6-8-19)24(31)28-20-4-3-13-26-15-20/h3-13,15,18H,2,14,16H2,1H3,(H,27,32)(H,28,31). The Morgan fingerprint density at radius 2 is 1.79 bits per heavy atom. The summed E-state index contributed by atoms with van der Waals surface area (Å²) in [6.07, 6.45) is 3.33. The van der Waals surface area contributed by atoms with E-state index in [0.717, 1.165) is 11.4 Å². The van der Waals surface area contributed by atoms with Crippen molar-refractivity contribution in [3.8, 4) is 5.75 Å². The van der Waals surface area contributed by atoms with E-state index in [0.29, 0.717) is 30.1 Å². The normalized spacial score (nSPS) is 15.2. The molecule has 1 aliphatic heterocycles. The summed E-state index contributed by atoms with van der Waals surface area (Å²) in [6.45, 7) is 2.79. The summed E-state index contributed by atoms with van der Waals surface area (Å²) in [5.41, 5.74) is 2.35. The van der Waals surface area contributed by atoms with Crippen molar-refractivity contribution in [1.29, 1.82) is 0 Å². The van der Waals surface area contributed by atoms with Crippen LogP contribution in [0, 0.1) is 5.92 Å². The fourth-order valence-corrected chi connectivity index (χ4v) is 3.61. The highest BCUT2D eigenvalue weighted by molar-refractivity contribution is 6.05. The first kappa shape index (κ1) is 22.0. The summed E-state index contributed by atoms with van der Waals surface area (Å²) in [6, 6.07) is 17.3. The van der Waals surface area contributed by atoms with E-state index in [2.05, 4.69) is 15.6 Å². The van der Waals surface area contributed by atoms with Gasteiger partial charge >= 0.3 is 0 Å². The molecule has 2 N–H and O–H groups in total. The molecule has 8 heteroatoms. The monoisotopic (exact) mass is 444 g/mol. The Hall–Kier alpha value is -4.20. The SMILES string of the molecule is CCOc1ccc(N2CC(C(=O)Nc3ccc(C(=O)Nc4cccnc4)cc3)CC2=O)cc1. The van der Waals surface area contributed by atoms with Crippen molar-refractivity contribution in [2.45, 2.75) is 13.3 Å². The number of nitrogens with one attached hydrogen (secondary N) is 2. The predicted octanol–water partition coefficient (Wildman–Crippen LogP) is 3.72. The van der Waals surface area contributed by atoms with Crippen LogP contribution >= 0.6 is 0 Å². The lowest BCUT2D eigenvalue weighted by Crippen LogP contribution is -2.28. The van der Waals surface area contributed by atoms with Crippen molar-refractivity contribution in [2.24, 2.45) is 5.92 Å². The quantitative estimate of drug-likeness (QED) is 0.578. The molecule has 4 rings (SSSR count). The molecule has 8 nitrogen and oxygen atoms in total. The van der Waals surface area contributed by atoms with Gasteiger partial charge in [-0.2, -0.15) is 0 Å². The molecule has 1 fully saturated rings. The number of nitrogens with zero attached hydrogens (tertiary/aromatic N) is 2. The minimum atomic E-state index is -0.461. The second-order valence-corrected chi connectivity index (χ2v) is 7.59. The van der Waals surface area contributed by atoms with Crippen molar-refractivity contribution in [2.75, 3.05) is 28.7 Å². The summed E-state index contributed by atoms with van der Waals surface area (Å²) < 4.78 is 5.43. The molecule has 3 amide bonds. The fraction of sp³-hybridized carbons (Fsp3) is 0.200. The number of rotatable bonds is 7. The first-order chi connectivity index (χ1) is 16.0. The zero-order chi connectivity index (χ0) is 23.2. The molecule has 2 heterocycles. The zero-order valence-electron chi connectivity index (χ0n) is 18.2. The van der Waals surface area contributed by atoms with Crippen molar-refractivity contribution >= 4 is 34.8 Å². The lowest BCUT2D eigenvalue weighted by atomic mass is 10.1. The third-order valence-electron chi connectivity index (χ3n) is 5.29. The van der Waals surface area contributed by atoms with Gasteiger partial charge in [-0.1, -0.05) is 0 Å². The molecule has 0 radical (unpaired) electrons. The second-order valence-electron chi connectivity index (χ2n) is 7.59. The number of pyridine rings is 1. The smallest absolute Gasteiger partial charge is 0.255 e. The maximum atomic E-state index is 12.7. The Balaban J connectivity index is 1.34. The van der Waals surface area contributed by atoms with Crippen LogP contribution in [0.15, 0.2) is 73.1 Å². The van der Waals surface area contributed by atoms with Gasteiger partial charge in [0.1, 0.15) is 5.75 Å². The summed E-state index contributed by atoms with van der Waals surface area (Å²) in [4.78, 5) is 43.2. The molecular weight excluding hydrogens is 420 g/mol. The number of hydrogen-bond acceptors (Lipinski definition) is 5. The maximum Gasteiger partial charge on any atom is 0.255 e. The van der Waals surface area contributed by atoms with Gasteiger partial charge in [0, 0.05) is 36.1 Å². The Morgan fingerprint density at radius 3 is 2.45 bits per heavy atom. The molecule has 3 aromatic rings. The average Bonchev–Trinajstić information content (AvgIpc) is 3.23. The average molecular weight is 444 g/mol. The highest BCUT2D eigenvalue weighted by Crippen LogP contribution is 2.27. The molecule has 1 saturated heterocycles. The highest BCUT2D eigenvalue weighted by Gasteiger charge is 2.35. The van der Waals surface area contributed by atoms with Crippen molar-refractivity contribution in [3.63, 3.8) is 0 Å². The van der Waals surface area contributed by atoms with E-state index < -0.39 is 5.92 Å². The second kappa shape index (κ2) is 9.95. The van der Waals surface area contributed by atoms with Crippen molar-refractivity contribution in [1.82, 2.24) is 4.98 Å². The lowest BCUT2D eigenvalue weighted by Gasteiger charge is -2.17. The fourth-order valence-electron chi connectivity index (χ4n) is 3.61. The van der Waals surface area contributed by atoms with Crippen LogP contribution < -0.4 is 20.3 Å². The van der Waals surface area contributed by atoms with Gasteiger partial charge < -0.3 is 20.3 Å². The summed E-state index contributed by atoms with van der Waals surface area (Å²) in [5.74, 6) is -0.322. The molecule has 168 valence electrons. The van der Waals surface area contributed by atoms with E-state index in [4.69, 9.17) is 4.74 Å². The first-order valence-corrected chi connectivity index (χ1v) is 10.7. The molecule has 1 aromatic heterocycles. The number of anilines is 3. The largest absolute Gasteiger partial charge is 0.494 e. The number of benzene rings is 2. The summed E-state index contributed by atoms with van der Waals surface area (Å²) in [5, 5.41) is 5.60. The maximum absolute atomic E-state index is 12.7. The van der Waals surface area contributed by atoms with Crippen LogP contribution in [0.5, 0.6) is 5.75 Å². The predicted molar refractivity (Wildman–Crippen MR) is 125 cm³/mol. The summed E-state index contributed by atoms with van der Waals surface area (Å²) in [7, 11) is 0. The van der Waals surface area contributed by atoms with Crippen LogP contribution in [0.3, 0.4) is 0 Å². The number of ether oxygens (including phenoxy) is 1. The number of carbonyl (C=O) groups excluding carboxylic acids is 3. The molecule has 0 bridgehead atoms. The number of carbonyl (C=O) groups is 3. The topological polar surface area (TPSA) is 101 Å². The molecule has 2 aromatic carbocycles. The van der Waals surface area contributed by atoms with Crippen LogP contribution in [0.4, 0.5) is 17.1 Å². The van der Waals surface area contributed by atoms with E-state index in [1.54, 1.807) is 53.7 Å². The van der Waals surface area contributed by atoms with Gasteiger partial charge in [-0.05, 0) is 67.6 Å². The van der Waals surface area contributed by atoms with Gasteiger partial charge in [0.15, 0.2) is 0 Å². The molecular formula is C25H24N4O4. The van der Waals surface area contributed by atoms with E-state index in [1.807, 2.05) is 31.2 Å². The third kappa shape index (κ3) is 5.35. The molecule has 0 aliphatic carbocycles. The van der Waals surface area contributed by atoms with Crippen molar-refractivity contribution in [3.05, 3.63) is 78.6 Å². The Labute approximate surface area is 191 Å². The molecule has 1 unspecified atom stereocenters. The van der Waals surface area contributed by atoms with Gasteiger partial charge in [0.25, 0.3) is 5.91 Å². The molecule has 0 spiro atoms. The lowest BCUT2D eigenvalue weighted by molar-refractivity contribution is -0.122. The number of amides is 3. The van der Waals surface area contributed by atoms with Crippen LogP contribution in [0.2, 0.25) is 0 Å². The van der Waals surface area contributed by atoms with E-state index in [9.17, 15) is 14.4 Å². The van der Waals surface area contributed by atoms with Gasteiger partial charge in [0.2, 0.25) is 11.8 Å². The molecule has 1 aliphatic rings. The summed E-state index contributed by atoms with van der Waals surface area (Å²) >= 11 is 0. The number of aromatic nitrogens is 1. The Morgan fingerprint density at radius 1 is 1.03 bits per heavy atom. The first-order valence-electron chi connectivity index (χ1n) is 10.7. The van der Waals surface area contributed by atoms with Crippen LogP contribution in [0.1, 0.15) is 23.7 Å². The Kier molecular flexibility index (Phi) is 6.64. The molecule has 33 heavy (non-hydrogen) atoms. The van der Waals surface area contributed by atoms with Gasteiger partial charge in [-0.25, -0.2) is 0 Å². The minimum absolute atomic E-state index is 0.0956. The molecule has 0 saturated carbocycles. The van der Waals surface area contributed by atoms with E-state index in [-0.39, 0.29) is 24.1 Å². The van der Waals surface area contributed by atoms with E-state index in [1.165, 1.54) is 0 Å². The van der Waals surface area contributed by atoms with Gasteiger partial charge in [-0.15, -0.1) is 0 Å². The van der Waals surface area contributed by atoms with Gasteiger partial charge in [-0.3, -0.25) is 19.4 Å². The highest BCUT2D eigenvalue weighted by atomic mass is 16.5. The van der Waals surface area contributed by atoms with E-state index >= 15 is 0 Å². The van der Waals surface area contributed by atoms with Gasteiger partial charge in [0.05, 0.1) is 24.4 Å². The van der Waals surface area contributed by atoms with Crippen LogP contribution in [0.25, 0.3) is 0 Å². The van der Waals surface area contributed by atoms with Crippen LogP contribution in [-0.2, 0) is 9.59 Å².